The Morgan fingerprint density at radius 3 is 2.59 bits per heavy atom. The van der Waals surface area contributed by atoms with Gasteiger partial charge in [0, 0.05) is 13.6 Å². The van der Waals surface area contributed by atoms with Crippen LogP contribution in [0.25, 0.3) is 0 Å². The largest absolute Gasteiger partial charge is 0.491 e. The first-order chi connectivity index (χ1) is 10.2. The second-order valence-corrected chi connectivity index (χ2v) is 6.56. The molecule has 1 unspecified atom stereocenters. The molecule has 0 aliphatic heterocycles. The number of para-hydroxylation sites is 1. The first-order valence-electron chi connectivity index (χ1n) is 7.61. The fourth-order valence-electron chi connectivity index (χ4n) is 2.15. The summed E-state index contributed by atoms with van der Waals surface area (Å²) in [4.78, 5) is 13.2. The summed E-state index contributed by atoms with van der Waals surface area (Å²) in [5.41, 5.74) is 1.16. The number of carbonyl (C=O) groups excluding carboxylic acids is 1. The molecule has 0 radical (unpaired) electrons. The summed E-state index contributed by atoms with van der Waals surface area (Å²) in [6.45, 7) is 9.20. The topological polar surface area (TPSA) is 61.8 Å². The van der Waals surface area contributed by atoms with E-state index in [0.717, 1.165) is 11.3 Å². The number of benzene rings is 1. The van der Waals surface area contributed by atoms with E-state index < -0.39 is 6.10 Å². The summed E-state index contributed by atoms with van der Waals surface area (Å²) in [5.74, 6) is 0.849. The third-order valence-corrected chi connectivity index (χ3v) is 3.22. The number of likely N-dealkylation sites (N-methyl/N-ethyl adjacent to an activating group) is 1. The normalized spacial score (nSPS) is 12.6. The van der Waals surface area contributed by atoms with Crippen LogP contribution < -0.4 is 10.1 Å². The molecule has 1 rings (SSSR count). The lowest BCUT2D eigenvalue weighted by atomic mass is 9.86. The van der Waals surface area contributed by atoms with Crippen molar-refractivity contribution in [3.05, 3.63) is 29.8 Å². The van der Waals surface area contributed by atoms with Gasteiger partial charge in [0.25, 0.3) is 0 Å². The number of nitrogens with zero attached hydrogens (tertiary/aromatic N) is 1. The van der Waals surface area contributed by atoms with Gasteiger partial charge in [0.1, 0.15) is 12.4 Å². The Morgan fingerprint density at radius 2 is 2.00 bits per heavy atom. The van der Waals surface area contributed by atoms with Gasteiger partial charge in [0.15, 0.2) is 0 Å². The molecule has 0 saturated heterocycles. The van der Waals surface area contributed by atoms with Crippen LogP contribution in [-0.2, 0) is 5.41 Å². The van der Waals surface area contributed by atoms with Gasteiger partial charge in [-0.2, -0.15) is 0 Å². The van der Waals surface area contributed by atoms with Crippen LogP contribution >= 0.6 is 0 Å². The van der Waals surface area contributed by atoms with Crippen molar-refractivity contribution in [2.75, 3.05) is 26.7 Å². The van der Waals surface area contributed by atoms with Gasteiger partial charge in [-0.1, -0.05) is 39.0 Å². The maximum absolute atomic E-state index is 11.8. The van der Waals surface area contributed by atoms with E-state index in [-0.39, 0.29) is 11.4 Å². The molecule has 0 spiro atoms. The van der Waals surface area contributed by atoms with Gasteiger partial charge < -0.3 is 20.1 Å². The van der Waals surface area contributed by atoms with Crippen molar-refractivity contribution < 1.29 is 14.6 Å². The van der Waals surface area contributed by atoms with Crippen LogP contribution in [0.15, 0.2) is 24.3 Å². The number of amides is 2. The van der Waals surface area contributed by atoms with Crippen LogP contribution in [0.1, 0.15) is 33.3 Å². The number of aliphatic hydroxyl groups excluding tert-OH is 1. The predicted octanol–water partition coefficient (Wildman–Crippen LogP) is 2.39. The first-order valence-corrected chi connectivity index (χ1v) is 7.61. The van der Waals surface area contributed by atoms with Crippen LogP contribution in [-0.4, -0.2) is 48.9 Å². The summed E-state index contributed by atoms with van der Waals surface area (Å²) >= 11 is 0. The number of carbonyl (C=O) groups is 1. The fourth-order valence-corrected chi connectivity index (χ4v) is 2.15. The quantitative estimate of drug-likeness (QED) is 0.793. The van der Waals surface area contributed by atoms with E-state index in [4.69, 9.17) is 4.74 Å². The number of rotatable bonds is 6. The molecule has 5 heteroatoms. The van der Waals surface area contributed by atoms with Crippen molar-refractivity contribution in [2.45, 2.75) is 39.2 Å². The maximum Gasteiger partial charge on any atom is 0.317 e. The van der Waals surface area contributed by atoms with Crippen molar-refractivity contribution in [3.8, 4) is 5.75 Å². The monoisotopic (exact) mass is 308 g/mol. The average Bonchev–Trinajstić information content (AvgIpc) is 2.42. The molecule has 0 aliphatic carbocycles. The number of hydrogen-bond acceptors (Lipinski definition) is 3. The molecule has 2 N–H and O–H groups in total. The smallest absolute Gasteiger partial charge is 0.317 e. The van der Waals surface area contributed by atoms with Gasteiger partial charge in [-0.3, -0.25) is 0 Å². The van der Waals surface area contributed by atoms with Crippen molar-refractivity contribution in [1.29, 1.82) is 0 Å². The highest BCUT2D eigenvalue weighted by Gasteiger charge is 2.18. The summed E-state index contributed by atoms with van der Waals surface area (Å²) in [7, 11) is 1.65. The van der Waals surface area contributed by atoms with Crippen LogP contribution in [0.5, 0.6) is 5.75 Å². The molecule has 5 nitrogen and oxygen atoms in total. The van der Waals surface area contributed by atoms with Crippen molar-refractivity contribution in [2.24, 2.45) is 0 Å². The average molecular weight is 308 g/mol. The van der Waals surface area contributed by atoms with Gasteiger partial charge in [0.2, 0.25) is 0 Å². The van der Waals surface area contributed by atoms with Crippen LogP contribution in [0.4, 0.5) is 4.79 Å². The van der Waals surface area contributed by atoms with E-state index in [1.165, 1.54) is 4.90 Å². The molecule has 1 atom stereocenters. The zero-order valence-electron chi connectivity index (χ0n) is 14.2. The molecule has 124 valence electrons. The third-order valence-electron chi connectivity index (χ3n) is 3.22. The summed E-state index contributed by atoms with van der Waals surface area (Å²) in [6, 6.07) is 7.74. The van der Waals surface area contributed by atoms with Crippen molar-refractivity contribution >= 4 is 6.03 Å². The van der Waals surface area contributed by atoms with Crippen LogP contribution in [0.3, 0.4) is 0 Å². The minimum Gasteiger partial charge on any atom is -0.491 e. The number of nitrogens with one attached hydrogen (secondary N) is 1. The Kier molecular flexibility index (Phi) is 6.68. The van der Waals surface area contributed by atoms with Crippen LogP contribution in [0.2, 0.25) is 0 Å². The zero-order valence-corrected chi connectivity index (χ0v) is 14.2. The summed E-state index contributed by atoms with van der Waals surface area (Å²) < 4.78 is 5.79. The minimum atomic E-state index is -0.536. The molecule has 2 amide bonds. The molecule has 0 bridgehead atoms. The molecule has 0 saturated carbocycles. The summed E-state index contributed by atoms with van der Waals surface area (Å²) in [5, 5.41) is 12.0. The summed E-state index contributed by atoms with van der Waals surface area (Å²) in [6.07, 6.45) is -0.536. The zero-order chi connectivity index (χ0) is 16.8. The molecule has 1 aromatic rings. The highest BCUT2D eigenvalue weighted by Crippen LogP contribution is 2.30. The van der Waals surface area contributed by atoms with Gasteiger partial charge in [-0.25, -0.2) is 4.79 Å². The van der Waals surface area contributed by atoms with Crippen LogP contribution in [0, 0.1) is 0 Å². The lowest BCUT2D eigenvalue weighted by Gasteiger charge is -2.23. The Bertz CT molecular complexity index is 481. The van der Waals surface area contributed by atoms with E-state index in [2.05, 4.69) is 32.2 Å². The predicted molar refractivity (Wildman–Crippen MR) is 88.3 cm³/mol. The fraction of sp³-hybridized carbons (Fsp3) is 0.588. The van der Waals surface area contributed by atoms with Crippen molar-refractivity contribution in [1.82, 2.24) is 10.2 Å². The number of ether oxygens (including phenoxy) is 1. The second-order valence-electron chi connectivity index (χ2n) is 6.56. The SMILES string of the molecule is CC(O)CN(C)C(=O)NCCOc1ccccc1C(C)(C)C. The van der Waals surface area contributed by atoms with E-state index in [0.29, 0.717) is 19.7 Å². The lowest BCUT2D eigenvalue weighted by Crippen LogP contribution is -2.42. The highest BCUT2D eigenvalue weighted by atomic mass is 16.5. The molecule has 0 fully saturated rings. The molecule has 1 aromatic carbocycles. The minimum absolute atomic E-state index is 0.0112. The Hall–Kier alpha value is -1.75. The van der Waals surface area contributed by atoms with E-state index in [9.17, 15) is 9.90 Å². The van der Waals surface area contributed by atoms with E-state index in [1.807, 2.05) is 18.2 Å². The maximum atomic E-state index is 11.8. The van der Waals surface area contributed by atoms with Gasteiger partial charge in [0.05, 0.1) is 12.6 Å². The molecule has 0 aromatic heterocycles. The number of urea groups is 1. The van der Waals surface area contributed by atoms with Gasteiger partial charge >= 0.3 is 6.03 Å². The van der Waals surface area contributed by atoms with Gasteiger partial charge in [-0.05, 0) is 24.0 Å². The second kappa shape index (κ2) is 8.03. The molecular formula is C17H28N2O3. The van der Waals surface area contributed by atoms with Crippen molar-refractivity contribution in [3.63, 3.8) is 0 Å². The standard InChI is InChI=1S/C17H28N2O3/c1-13(20)12-19(5)16(21)18-10-11-22-15-9-7-6-8-14(15)17(2,3)4/h6-9,13,20H,10-12H2,1-5H3,(H,18,21). The molecular weight excluding hydrogens is 280 g/mol. The molecule has 22 heavy (non-hydrogen) atoms. The number of aliphatic hydroxyl groups is 1. The van der Waals surface area contributed by atoms with Gasteiger partial charge in [-0.15, -0.1) is 0 Å². The Labute approximate surface area is 133 Å². The molecule has 0 heterocycles. The third kappa shape index (κ3) is 5.93. The number of hydrogen-bond donors (Lipinski definition) is 2. The highest BCUT2D eigenvalue weighted by molar-refractivity contribution is 5.73. The Morgan fingerprint density at radius 1 is 1.36 bits per heavy atom. The Balaban J connectivity index is 2.44. The first kappa shape index (κ1) is 18.3. The van der Waals surface area contributed by atoms with E-state index in [1.54, 1.807) is 14.0 Å². The van der Waals surface area contributed by atoms with E-state index >= 15 is 0 Å². The molecule has 0 aliphatic rings. The lowest BCUT2D eigenvalue weighted by molar-refractivity contribution is 0.143.